The summed E-state index contributed by atoms with van der Waals surface area (Å²) in [6, 6.07) is 12.7. The zero-order valence-corrected chi connectivity index (χ0v) is 21.8. The maximum Gasteiger partial charge on any atom is 0.242 e. The SMILES string of the molecule is CCCNC(=O)[C@@H](CC)N(Cc1cccc(C)c1)C(=O)CCCN(c1ccccc1F)S(C)(=O)=O. The molecule has 0 heterocycles. The molecule has 0 aliphatic carbocycles. The lowest BCUT2D eigenvalue weighted by atomic mass is 10.1. The average Bonchev–Trinajstić information content (AvgIpc) is 2.80. The van der Waals surface area contributed by atoms with E-state index in [-0.39, 0.29) is 43.4 Å². The topological polar surface area (TPSA) is 86.8 Å². The Labute approximate surface area is 208 Å². The number of para-hydroxylation sites is 1. The van der Waals surface area contributed by atoms with Gasteiger partial charge in [-0.25, -0.2) is 12.8 Å². The van der Waals surface area contributed by atoms with E-state index >= 15 is 0 Å². The summed E-state index contributed by atoms with van der Waals surface area (Å²) in [6.45, 7) is 6.51. The van der Waals surface area contributed by atoms with E-state index in [0.29, 0.717) is 13.0 Å². The van der Waals surface area contributed by atoms with Gasteiger partial charge in [0.1, 0.15) is 11.9 Å². The Hall–Kier alpha value is -2.94. The molecule has 0 spiro atoms. The molecule has 9 heteroatoms. The van der Waals surface area contributed by atoms with E-state index in [1.165, 1.54) is 18.2 Å². The highest BCUT2D eigenvalue weighted by atomic mass is 32.2. The molecule has 0 aliphatic rings. The van der Waals surface area contributed by atoms with Crippen LogP contribution in [0.3, 0.4) is 0 Å². The Morgan fingerprint density at radius 2 is 1.80 bits per heavy atom. The standard InChI is InChI=1S/C26H36FN3O4S/c1-5-16-28-26(32)23(6-2)29(19-21-12-9-11-20(3)18-21)25(31)15-10-17-30(35(4,33)34)24-14-8-7-13-22(24)27/h7-9,11-14,18,23H,5-6,10,15-17,19H2,1-4H3,(H,28,32)/t23-/m1/s1. The minimum atomic E-state index is -3.75. The number of aryl methyl sites for hydroxylation is 1. The highest BCUT2D eigenvalue weighted by Gasteiger charge is 2.29. The van der Waals surface area contributed by atoms with Gasteiger partial charge in [-0.3, -0.25) is 13.9 Å². The Bertz CT molecular complexity index is 1110. The molecule has 2 amide bonds. The van der Waals surface area contributed by atoms with Crippen LogP contribution in [0.1, 0.15) is 50.7 Å². The fourth-order valence-corrected chi connectivity index (χ4v) is 4.90. The van der Waals surface area contributed by atoms with Crippen molar-refractivity contribution < 1.29 is 22.4 Å². The van der Waals surface area contributed by atoms with Crippen molar-refractivity contribution in [2.75, 3.05) is 23.7 Å². The number of rotatable bonds is 13. The Morgan fingerprint density at radius 1 is 1.09 bits per heavy atom. The second-order valence-corrected chi connectivity index (χ2v) is 10.5. The highest BCUT2D eigenvalue weighted by Crippen LogP contribution is 2.22. The zero-order chi connectivity index (χ0) is 26.0. The number of benzene rings is 2. The molecule has 7 nitrogen and oxygen atoms in total. The van der Waals surface area contributed by atoms with Crippen LogP contribution >= 0.6 is 0 Å². The van der Waals surface area contributed by atoms with Gasteiger partial charge >= 0.3 is 0 Å². The van der Waals surface area contributed by atoms with Crippen molar-refractivity contribution >= 4 is 27.5 Å². The van der Waals surface area contributed by atoms with Crippen LogP contribution in [0, 0.1) is 12.7 Å². The number of amides is 2. The number of halogens is 1. The molecular formula is C26H36FN3O4S. The summed E-state index contributed by atoms with van der Waals surface area (Å²) >= 11 is 0. The van der Waals surface area contributed by atoms with Crippen LogP contribution < -0.4 is 9.62 Å². The van der Waals surface area contributed by atoms with Crippen molar-refractivity contribution in [3.05, 3.63) is 65.5 Å². The molecule has 0 aliphatic heterocycles. The number of nitrogens with one attached hydrogen (secondary N) is 1. The first-order valence-corrected chi connectivity index (χ1v) is 13.8. The van der Waals surface area contributed by atoms with Gasteiger partial charge in [-0.1, -0.05) is 55.8 Å². The van der Waals surface area contributed by atoms with Gasteiger partial charge in [0, 0.05) is 26.1 Å². The van der Waals surface area contributed by atoms with Crippen molar-refractivity contribution in [3.8, 4) is 0 Å². The van der Waals surface area contributed by atoms with Gasteiger partial charge in [0.2, 0.25) is 21.8 Å². The van der Waals surface area contributed by atoms with Gasteiger partial charge in [0.15, 0.2) is 0 Å². The van der Waals surface area contributed by atoms with Gasteiger partial charge < -0.3 is 10.2 Å². The molecule has 2 rings (SSSR count). The van der Waals surface area contributed by atoms with Crippen molar-refractivity contribution in [2.24, 2.45) is 0 Å². The first-order valence-electron chi connectivity index (χ1n) is 11.9. The van der Waals surface area contributed by atoms with Crippen LogP contribution in [0.5, 0.6) is 0 Å². The number of carbonyl (C=O) groups is 2. The first kappa shape index (κ1) is 28.3. The van der Waals surface area contributed by atoms with E-state index < -0.39 is 21.9 Å². The Balaban J connectivity index is 2.21. The van der Waals surface area contributed by atoms with Crippen LogP contribution in [0.15, 0.2) is 48.5 Å². The molecule has 0 saturated carbocycles. The van der Waals surface area contributed by atoms with Gasteiger partial charge in [-0.2, -0.15) is 0 Å². The quantitative estimate of drug-likeness (QED) is 0.446. The second-order valence-electron chi connectivity index (χ2n) is 8.62. The third-order valence-electron chi connectivity index (χ3n) is 5.64. The second kappa shape index (κ2) is 13.2. The predicted octanol–water partition coefficient (Wildman–Crippen LogP) is 4.01. The van der Waals surface area contributed by atoms with Gasteiger partial charge in [-0.05, 0) is 43.9 Å². The van der Waals surface area contributed by atoms with E-state index in [2.05, 4.69) is 5.32 Å². The first-order chi connectivity index (χ1) is 16.6. The molecule has 2 aromatic carbocycles. The molecule has 0 radical (unpaired) electrons. The predicted molar refractivity (Wildman–Crippen MR) is 137 cm³/mol. The lowest BCUT2D eigenvalue weighted by Crippen LogP contribution is -2.49. The monoisotopic (exact) mass is 505 g/mol. The Kier molecular flexibility index (Phi) is 10.7. The summed E-state index contributed by atoms with van der Waals surface area (Å²) in [5.41, 5.74) is 1.90. The minimum absolute atomic E-state index is 0.0177. The summed E-state index contributed by atoms with van der Waals surface area (Å²) in [7, 11) is -3.75. The van der Waals surface area contributed by atoms with Gasteiger partial charge in [0.25, 0.3) is 0 Å². The fourth-order valence-electron chi connectivity index (χ4n) is 3.93. The molecule has 0 aromatic heterocycles. The van der Waals surface area contributed by atoms with Crippen LogP contribution in [-0.4, -0.2) is 50.5 Å². The molecule has 0 saturated heterocycles. The molecule has 1 N–H and O–H groups in total. The van der Waals surface area contributed by atoms with Crippen molar-refractivity contribution in [2.45, 2.75) is 59.0 Å². The fraction of sp³-hybridized carbons (Fsp3) is 0.462. The molecule has 35 heavy (non-hydrogen) atoms. The molecule has 0 bridgehead atoms. The lowest BCUT2D eigenvalue weighted by molar-refractivity contribution is -0.141. The minimum Gasteiger partial charge on any atom is -0.354 e. The summed E-state index contributed by atoms with van der Waals surface area (Å²) in [6.07, 6.45) is 2.43. The third kappa shape index (κ3) is 8.35. The number of nitrogens with zero attached hydrogens (tertiary/aromatic N) is 2. The van der Waals surface area contributed by atoms with Crippen LogP contribution in [0.25, 0.3) is 0 Å². The molecule has 2 aromatic rings. The zero-order valence-electron chi connectivity index (χ0n) is 21.0. The van der Waals surface area contributed by atoms with Crippen LogP contribution in [0.4, 0.5) is 10.1 Å². The summed E-state index contributed by atoms with van der Waals surface area (Å²) in [5, 5.41) is 2.88. The highest BCUT2D eigenvalue weighted by molar-refractivity contribution is 7.92. The Morgan fingerprint density at radius 3 is 2.40 bits per heavy atom. The van der Waals surface area contributed by atoms with E-state index in [1.807, 2.05) is 45.0 Å². The van der Waals surface area contributed by atoms with Crippen LogP contribution in [0.2, 0.25) is 0 Å². The molecule has 192 valence electrons. The van der Waals surface area contributed by atoms with Crippen molar-refractivity contribution in [1.82, 2.24) is 10.2 Å². The molecule has 1 atom stereocenters. The average molecular weight is 506 g/mol. The lowest BCUT2D eigenvalue weighted by Gasteiger charge is -2.31. The smallest absolute Gasteiger partial charge is 0.242 e. The van der Waals surface area contributed by atoms with Crippen molar-refractivity contribution in [3.63, 3.8) is 0 Å². The maximum atomic E-state index is 14.3. The van der Waals surface area contributed by atoms with E-state index in [4.69, 9.17) is 0 Å². The van der Waals surface area contributed by atoms with Gasteiger partial charge in [-0.15, -0.1) is 0 Å². The largest absolute Gasteiger partial charge is 0.354 e. The molecule has 0 fully saturated rings. The van der Waals surface area contributed by atoms with Crippen LogP contribution in [-0.2, 0) is 26.2 Å². The number of sulfonamides is 1. The number of anilines is 1. The van der Waals surface area contributed by atoms with E-state index in [9.17, 15) is 22.4 Å². The van der Waals surface area contributed by atoms with E-state index in [0.717, 1.165) is 28.1 Å². The number of hydrogen-bond acceptors (Lipinski definition) is 4. The van der Waals surface area contributed by atoms with E-state index in [1.54, 1.807) is 11.0 Å². The summed E-state index contributed by atoms with van der Waals surface area (Å²) in [4.78, 5) is 27.8. The molecule has 0 unspecified atom stereocenters. The van der Waals surface area contributed by atoms with Crippen molar-refractivity contribution in [1.29, 1.82) is 0 Å². The maximum absolute atomic E-state index is 14.3. The summed E-state index contributed by atoms with van der Waals surface area (Å²) in [5.74, 6) is -1.12. The molecular weight excluding hydrogens is 469 g/mol. The summed E-state index contributed by atoms with van der Waals surface area (Å²) < 4.78 is 39.9. The normalized spacial score (nSPS) is 12.1. The number of hydrogen-bond donors (Lipinski definition) is 1. The number of carbonyl (C=O) groups excluding carboxylic acids is 2. The third-order valence-corrected chi connectivity index (χ3v) is 6.82. The van der Waals surface area contributed by atoms with Gasteiger partial charge in [0.05, 0.1) is 11.9 Å².